The molecule has 1 rings (SSSR count). The fourth-order valence-corrected chi connectivity index (χ4v) is 2.56. The van der Waals surface area contributed by atoms with Crippen molar-refractivity contribution in [3.05, 3.63) is 28.2 Å². The van der Waals surface area contributed by atoms with Gasteiger partial charge in [0.1, 0.15) is 0 Å². The van der Waals surface area contributed by atoms with Crippen molar-refractivity contribution in [3.63, 3.8) is 0 Å². The number of thioether (sulfide) groups is 1. The molecule has 2 amide bonds. The van der Waals surface area contributed by atoms with Crippen molar-refractivity contribution in [1.29, 1.82) is 0 Å². The molecule has 5 nitrogen and oxygen atoms in total. The molecule has 0 aromatic heterocycles. The summed E-state index contributed by atoms with van der Waals surface area (Å²) < 4.78 is 0.634. The molecule has 0 bridgehead atoms. The topological polar surface area (TPSA) is 78.4 Å². The van der Waals surface area contributed by atoms with Crippen molar-refractivity contribution in [2.75, 3.05) is 23.9 Å². The van der Waals surface area contributed by atoms with Gasteiger partial charge in [0.15, 0.2) is 0 Å². The van der Waals surface area contributed by atoms with Crippen LogP contribution in [0.4, 0.5) is 10.5 Å². The number of rotatable bonds is 6. The monoisotopic (exact) mass is 360 g/mol. The van der Waals surface area contributed by atoms with Gasteiger partial charge in [-0.15, -0.1) is 0 Å². The van der Waals surface area contributed by atoms with E-state index in [2.05, 4.69) is 33.5 Å². The molecule has 0 aliphatic heterocycles. The smallest absolute Gasteiger partial charge is 0.335 e. The van der Waals surface area contributed by atoms with E-state index in [0.29, 0.717) is 22.6 Å². The predicted molar refractivity (Wildman–Crippen MR) is 85.7 cm³/mol. The molecule has 0 saturated heterocycles. The highest BCUT2D eigenvalue weighted by Gasteiger charge is 2.10. The van der Waals surface area contributed by atoms with Crippen LogP contribution in [0.5, 0.6) is 0 Å². The first-order valence-corrected chi connectivity index (χ1v) is 8.19. The van der Waals surface area contributed by atoms with E-state index < -0.39 is 5.97 Å². The van der Waals surface area contributed by atoms with E-state index in [-0.39, 0.29) is 11.6 Å². The molecule has 0 fully saturated rings. The molecule has 0 saturated carbocycles. The lowest BCUT2D eigenvalue weighted by Crippen LogP contribution is -2.33. The summed E-state index contributed by atoms with van der Waals surface area (Å²) in [4.78, 5) is 22.6. The van der Waals surface area contributed by atoms with Crippen molar-refractivity contribution in [1.82, 2.24) is 5.32 Å². The van der Waals surface area contributed by atoms with Gasteiger partial charge in [-0.3, -0.25) is 0 Å². The lowest BCUT2D eigenvalue weighted by molar-refractivity contribution is 0.0697. The van der Waals surface area contributed by atoms with E-state index in [0.717, 1.165) is 5.75 Å². The molecular formula is C13H17BrN2O3S. The van der Waals surface area contributed by atoms with Crippen LogP contribution in [0.15, 0.2) is 22.7 Å². The van der Waals surface area contributed by atoms with Crippen LogP contribution < -0.4 is 10.6 Å². The third-order valence-electron chi connectivity index (χ3n) is 2.52. The summed E-state index contributed by atoms with van der Waals surface area (Å²) in [5, 5.41) is 14.3. The third kappa shape index (κ3) is 5.42. The number of anilines is 1. The summed E-state index contributed by atoms with van der Waals surface area (Å²) in [6.45, 7) is 2.63. The molecule has 3 N–H and O–H groups in total. The van der Waals surface area contributed by atoms with Gasteiger partial charge in [0.25, 0.3) is 0 Å². The Labute approximate surface area is 130 Å². The Morgan fingerprint density at radius 2 is 2.15 bits per heavy atom. The van der Waals surface area contributed by atoms with Crippen LogP contribution in [0.3, 0.4) is 0 Å². The van der Waals surface area contributed by atoms with Crippen molar-refractivity contribution >= 4 is 45.4 Å². The molecule has 1 atom stereocenters. The quantitative estimate of drug-likeness (QED) is 0.727. The fraction of sp³-hybridized carbons (Fsp3) is 0.385. The Morgan fingerprint density at radius 1 is 1.45 bits per heavy atom. The van der Waals surface area contributed by atoms with Gasteiger partial charge in [-0.25, -0.2) is 9.59 Å². The number of urea groups is 1. The molecular weight excluding hydrogens is 344 g/mol. The number of carboxylic acid groups (broad SMARTS) is 1. The molecule has 7 heteroatoms. The van der Waals surface area contributed by atoms with E-state index in [9.17, 15) is 9.59 Å². The molecule has 0 aliphatic carbocycles. The second-order valence-corrected chi connectivity index (χ2v) is 6.16. The summed E-state index contributed by atoms with van der Waals surface area (Å²) in [6, 6.07) is 4.13. The number of benzene rings is 1. The van der Waals surface area contributed by atoms with Gasteiger partial charge in [0, 0.05) is 11.0 Å². The van der Waals surface area contributed by atoms with Crippen LogP contribution in [0.25, 0.3) is 0 Å². The normalized spacial score (nSPS) is 11.8. The van der Waals surface area contributed by atoms with Gasteiger partial charge in [-0.05, 0) is 52.1 Å². The van der Waals surface area contributed by atoms with E-state index in [1.807, 2.05) is 6.26 Å². The maximum absolute atomic E-state index is 11.8. The number of nitrogens with one attached hydrogen (secondary N) is 2. The molecule has 1 unspecified atom stereocenters. The van der Waals surface area contributed by atoms with Crippen molar-refractivity contribution in [2.24, 2.45) is 5.92 Å². The first-order valence-electron chi connectivity index (χ1n) is 6.00. The van der Waals surface area contributed by atoms with Crippen LogP contribution in [0.2, 0.25) is 0 Å². The van der Waals surface area contributed by atoms with Gasteiger partial charge in [-0.1, -0.05) is 6.92 Å². The van der Waals surface area contributed by atoms with Gasteiger partial charge in [0.05, 0.1) is 11.3 Å². The molecule has 1 aromatic rings. The molecule has 0 heterocycles. The van der Waals surface area contributed by atoms with Crippen molar-refractivity contribution < 1.29 is 14.7 Å². The van der Waals surface area contributed by atoms with Gasteiger partial charge in [0.2, 0.25) is 0 Å². The second-order valence-electron chi connectivity index (χ2n) is 4.40. The first kappa shape index (κ1) is 16.8. The van der Waals surface area contributed by atoms with Gasteiger partial charge >= 0.3 is 12.0 Å². The standard InChI is InChI=1S/C13H17BrN2O3S/c1-8(7-20-2)6-15-13(19)16-11-5-9(12(17)18)3-4-10(11)14/h3-5,8H,6-7H2,1-2H3,(H,17,18)(H2,15,16,19). The highest BCUT2D eigenvalue weighted by atomic mass is 79.9. The SMILES string of the molecule is CSCC(C)CNC(=O)Nc1cc(C(=O)O)ccc1Br. The van der Waals surface area contributed by atoms with E-state index in [1.165, 1.54) is 12.1 Å². The number of carbonyl (C=O) groups excluding carboxylic acids is 1. The lowest BCUT2D eigenvalue weighted by atomic mass is 10.2. The highest BCUT2D eigenvalue weighted by molar-refractivity contribution is 9.10. The largest absolute Gasteiger partial charge is 0.478 e. The molecule has 1 aromatic carbocycles. The minimum absolute atomic E-state index is 0.124. The fourth-order valence-electron chi connectivity index (χ4n) is 1.53. The molecule has 110 valence electrons. The summed E-state index contributed by atoms with van der Waals surface area (Å²) >= 11 is 5.00. The summed E-state index contributed by atoms with van der Waals surface area (Å²) in [6.07, 6.45) is 2.02. The number of amides is 2. The number of carbonyl (C=O) groups is 2. The molecule has 0 aliphatic rings. The number of hydrogen-bond donors (Lipinski definition) is 3. The Hall–Kier alpha value is -1.21. The van der Waals surface area contributed by atoms with Gasteiger partial charge < -0.3 is 15.7 Å². The van der Waals surface area contributed by atoms with E-state index in [4.69, 9.17) is 5.11 Å². The minimum Gasteiger partial charge on any atom is -0.478 e. The molecule has 0 radical (unpaired) electrons. The average Bonchev–Trinajstić information content (AvgIpc) is 2.39. The van der Waals surface area contributed by atoms with Crippen LogP contribution in [-0.4, -0.2) is 35.7 Å². The van der Waals surface area contributed by atoms with E-state index >= 15 is 0 Å². The van der Waals surface area contributed by atoms with Gasteiger partial charge in [-0.2, -0.15) is 11.8 Å². The highest BCUT2D eigenvalue weighted by Crippen LogP contribution is 2.23. The lowest BCUT2D eigenvalue weighted by Gasteiger charge is -2.13. The Balaban J connectivity index is 2.61. The van der Waals surface area contributed by atoms with Crippen molar-refractivity contribution in [3.8, 4) is 0 Å². The zero-order valence-corrected chi connectivity index (χ0v) is 13.7. The maximum Gasteiger partial charge on any atom is 0.335 e. The van der Waals surface area contributed by atoms with E-state index in [1.54, 1.807) is 17.8 Å². The predicted octanol–water partition coefficient (Wildman–Crippen LogP) is 3.27. The number of aromatic carboxylic acids is 1. The Morgan fingerprint density at radius 3 is 2.75 bits per heavy atom. The van der Waals surface area contributed by atoms with Crippen LogP contribution in [0.1, 0.15) is 17.3 Å². The minimum atomic E-state index is -1.03. The van der Waals surface area contributed by atoms with Crippen LogP contribution >= 0.6 is 27.7 Å². The Kier molecular flexibility index (Phi) is 6.87. The number of hydrogen-bond acceptors (Lipinski definition) is 3. The number of carboxylic acids is 1. The summed E-state index contributed by atoms with van der Waals surface area (Å²) in [5.74, 6) is 0.317. The third-order valence-corrected chi connectivity index (χ3v) is 4.12. The molecule has 20 heavy (non-hydrogen) atoms. The van der Waals surface area contributed by atoms with Crippen molar-refractivity contribution in [2.45, 2.75) is 6.92 Å². The zero-order chi connectivity index (χ0) is 15.1. The molecule has 0 spiro atoms. The summed E-state index contributed by atoms with van der Waals surface area (Å²) in [7, 11) is 0. The number of halogens is 1. The second kappa shape index (κ2) is 8.16. The summed E-state index contributed by atoms with van der Waals surface area (Å²) in [5.41, 5.74) is 0.555. The average molecular weight is 361 g/mol. The van der Waals surface area contributed by atoms with Crippen LogP contribution in [0, 0.1) is 5.92 Å². The van der Waals surface area contributed by atoms with Crippen LogP contribution in [-0.2, 0) is 0 Å². The zero-order valence-electron chi connectivity index (χ0n) is 11.3. The Bertz CT molecular complexity index is 497. The maximum atomic E-state index is 11.8. The first-order chi connectivity index (χ1) is 9.43.